The number of alkyl halides is 4. The lowest BCUT2D eigenvalue weighted by Crippen LogP contribution is -2.66. The molecule has 94 valence electrons. The molecule has 0 bridgehead atoms. The Hall–Kier alpha value is -0.850. The SMILES string of the molecule is CCCC1(O)CN(C(=O)C(F)(F)C(F)F)C1. The van der Waals surface area contributed by atoms with Crippen LogP contribution in [0.4, 0.5) is 17.6 Å². The molecule has 0 atom stereocenters. The standard InChI is InChI=1S/C9H13F4NO2/c1-2-3-8(16)4-14(5-8)7(15)9(12,13)6(10)11/h6,16H,2-5H2,1H3. The molecule has 1 fully saturated rings. The summed E-state index contributed by atoms with van der Waals surface area (Å²) >= 11 is 0. The number of hydrogen-bond donors (Lipinski definition) is 1. The Bertz CT molecular complexity index is 277. The number of carbonyl (C=O) groups excluding carboxylic acids is 1. The summed E-state index contributed by atoms with van der Waals surface area (Å²) in [5.41, 5.74) is -1.19. The van der Waals surface area contributed by atoms with Gasteiger partial charge in [-0.05, 0) is 6.42 Å². The van der Waals surface area contributed by atoms with Gasteiger partial charge in [-0.3, -0.25) is 4.79 Å². The fraction of sp³-hybridized carbons (Fsp3) is 0.889. The van der Waals surface area contributed by atoms with Gasteiger partial charge in [-0.25, -0.2) is 8.78 Å². The van der Waals surface area contributed by atoms with Crippen LogP contribution in [-0.4, -0.2) is 47.0 Å². The van der Waals surface area contributed by atoms with E-state index in [0.717, 1.165) is 0 Å². The number of aliphatic hydroxyl groups is 1. The number of hydrogen-bond acceptors (Lipinski definition) is 2. The highest BCUT2D eigenvalue weighted by Crippen LogP contribution is 2.32. The van der Waals surface area contributed by atoms with Crippen LogP contribution in [0.3, 0.4) is 0 Å². The predicted octanol–water partition coefficient (Wildman–Crippen LogP) is 1.26. The molecule has 16 heavy (non-hydrogen) atoms. The van der Waals surface area contributed by atoms with E-state index in [1.165, 1.54) is 0 Å². The van der Waals surface area contributed by atoms with E-state index >= 15 is 0 Å². The fourth-order valence-electron chi connectivity index (χ4n) is 1.74. The van der Waals surface area contributed by atoms with E-state index in [2.05, 4.69) is 0 Å². The van der Waals surface area contributed by atoms with Crippen molar-refractivity contribution in [3.63, 3.8) is 0 Å². The number of rotatable bonds is 4. The molecule has 1 aliphatic heterocycles. The average Bonchev–Trinajstić information content (AvgIpc) is 2.12. The Balaban J connectivity index is 2.55. The molecular formula is C9H13F4NO2. The lowest BCUT2D eigenvalue weighted by Gasteiger charge is -2.47. The van der Waals surface area contributed by atoms with Crippen molar-refractivity contribution in [3.05, 3.63) is 0 Å². The van der Waals surface area contributed by atoms with E-state index in [-0.39, 0.29) is 13.1 Å². The van der Waals surface area contributed by atoms with Crippen molar-refractivity contribution in [2.24, 2.45) is 0 Å². The van der Waals surface area contributed by atoms with Crippen LogP contribution in [0.1, 0.15) is 19.8 Å². The van der Waals surface area contributed by atoms with Crippen molar-refractivity contribution in [2.75, 3.05) is 13.1 Å². The second kappa shape index (κ2) is 4.20. The molecule has 0 radical (unpaired) electrons. The minimum atomic E-state index is -4.66. The molecule has 0 unspecified atom stereocenters. The number of amides is 1. The smallest absolute Gasteiger partial charge is 0.383 e. The van der Waals surface area contributed by atoms with E-state index in [1.54, 1.807) is 6.92 Å². The molecule has 1 saturated heterocycles. The van der Waals surface area contributed by atoms with Crippen LogP contribution in [0.2, 0.25) is 0 Å². The van der Waals surface area contributed by atoms with Crippen molar-refractivity contribution < 1.29 is 27.5 Å². The van der Waals surface area contributed by atoms with Crippen LogP contribution >= 0.6 is 0 Å². The zero-order valence-corrected chi connectivity index (χ0v) is 8.72. The summed E-state index contributed by atoms with van der Waals surface area (Å²) in [5, 5.41) is 9.61. The van der Waals surface area contributed by atoms with E-state index in [0.29, 0.717) is 17.7 Å². The Kier molecular flexibility index (Phi) is 3.47. The minimum Gasteiger partial charge on any atom is -0.386 e. The van der Waals surface area contributed by atoms with Gasteiger partial charge in [0.05, 0.1) is 18.7 Å². The third-order valence-electron chi connectivity index (χ3n) is 2.53. The molecule has 3 nitrogen and oxygen atoms in total. The first-order valence-electron chi connectivity index (χ1n) is 4.90. The van der Waals surface area contributed by atoms with Gasteiger partial charge in [-0.2, -0.15) is 8.78 Å². The van der Waals surface area contributed by atoms with Crippen molar-refractivity contribution in [1.82, 2.24) is 4.90 Å². The summed E-state index contributed by atoms with van der Waals surface area (Å²) in [6.07, 6.45) is -3.03. The highest BCUT2D eigenvalue weighted by Gasteiger charge is 2.55. The number of nitrogens with zero attached hydrogens (tertiary/aromatic N) is 1. The molecule has 0 spiro atoms. The molecule has 0 aromatic rings. The Morgan fingerprint density at radius 1 is 1.50 bits per heavy atom. The minimum absolute atomic E-state index is 0.304. The Morgan fingerprint density at radius 3 is 2.38 bits per heavy atom. The van der Waals surface area contributed by atoms with Gasteiger partial charge in [0.1, 0.15) is 0 Å². The largest absolute Gasteiger partial charge is 0.386 e. The summed E-state index contributed by atoms with van der Waals surface area (Å²) < 4.78 is 49.0. The van der Waals surface area contributed by atoms with Crippen LogP contribution in [0, 0.1) is 0 Å². The number of halogens is 4. The molecule has 0 aromatic heterocycles. The molecule has 0 aliphatic carbocycles. The Morgan fingerprint density at radius 2 is 2.00 bits per heavy atom. The zero-order valence-electron chi connectivity index (χ0n) is 8.72. The first-order chi connectivity index (χ1) is 7.23. The van der Waals surface area contributed by atoms with Gasteiger partial charge in [-0.15, -0.1) is 0 Å². The van der Waals surface area contributed by atoms with Crippen LogP contribution < -0.4 is 0 Å². The van der Waals surface area contributed by atoms with Crippen LogP contribution in [0.15, 0.2) is 0 Å². The maximum Gasteiger partial charge on any atom is 0.383 e. The topological polar surface area (TPSA) is 40.5 Å². The monoisotopic (exact) mass is 243 g/mol. The van der Waals surface area contributed by atoms with Crippen LogP contribution in [0.5, 0.6) is 0 Å². The van der Waals surface area contributed by atoms with Crippen molar-refractivity contribution in [3.8, 4) is 0 Å². The molecule has 1 N–H and O–H groups in total. The van der Waals surface area contributed by atoms with Gasteiger partial charge in [0.25, 0.3) is 5.91 Å². The Labute approximate surface area is 90.0 Å². The lowest BCUT2D eigenvalue weighted by atomic mass is 9.89. The summed E-state index contributed by atoms with van der Waals surface area (Å²) in [7, 11) is 0. The maximum absolute atomic E-state index is 12.6. The van der Waals surface area contributed by atoms with Gasteiger partial charge >= 0.3 is 12.3 Å². The molecule has 1 aliphatic rings. The van der Waals surface area contributed by atoms with Crippen molar-refractivity contribution in [2.45, 2.75) is 37.7 Å². The molecule has 1 heterocycles. The van der Waals surface area contributed by atoms with Gasteiger partial charge in [0, 0.05) is 0 Å². The van der Waals surface area contributed by atoms with Gasteiger partial charge in [0.2, 0.25) is 0 Å². The van der Waals surface area contributed by atoms with Crippen molar-refractivity contribution >= 4 is 5.91 Å². The fourth-order valence-corrected chi connectivity index (χ4v) is 1.74. The third-order valence-corrected chi connectivity index (χ3v) is 2.53. The van der Waals surface area contributed by atoms with Crippen LogP contribution in [0.25, 0.3) is 0 Å². The number of carbonyl (C=O) groups is 1. The molecule has 0 saturated carbocycles. The van der Waals surface area contributed by atoms with Gasteiger partial charge < -0.3 is 10.0 Å². The third kappa shape index (κ3) is 2.28. The predicted molar refractivity (Wildman–Crippen MR) is 47.4 cm³/mol. The normalized spacial score (nSPS) is 19.8. The highest BCUT2D eigenvalue weighted by atomic mass is 19.3. The molecule has 1 rings (SSSR count). The van der Waals surface area contributed by atoms with E-state index in [9.17, 15) is 27.5 Å². The first-order valence-corrected chi connectivity index (χ1v) is 4.90. The zero-order chi connectivity index (χ0) is 12.6. The highest BCUT2D eigenvalue weighted by molar-refractivity contribution is 5.85. The van der Waals surface area contributed by atoms with Gasteiger partial charge in [0.15, 0.2) is 0 Å². The molecular weight excluding hydrogens is 230 g/mol. The van der Waals surface area contributed by atoms with E-state index < -0.39 is 23.9 Å². The maximum atomic E-state index is 12.6. The lowest BCUT2D eigenvalue weighted by molar-refractivity contribution is -0.198. The summed E-state index contributed by atoms with van der Waals surface area (Å²) in [6, 6.07) is 0. The summed E-state index contributed by atoms with van der Waals surface area (Å²) in [5.74, 6) is -6.57. The van der Waals surface area contributed by atoms with E-state index in [1.807, 2.05) is 0 Å². The first kappa shape index (κ1) is 13.2. The second-order valence-electron chi connectivity index (χ2n) is 4.06. The summed E-state index contributed by atoms with van der Waals surface area (Å²) in [6.45, 7) is 1.18. The molecule has 7 heteroatoms. The quantitative estimate of drug-likeness (QED) is 0.755. The average molecular weight is 243 g/mol. The number of β-amino-alcohol motifs (C(OH)–C–C–N with tert-alkyl or cyclic N) is 1. The number of likely N-dealkylation sites (tertiary alicyclic amines) is 1. The molecule has 0 aromatic carbocycles. The van der Waals surface area contributed by atoms with Crippen LogP contribution in [-0.2, 0) is 4.79 Å². The second-order valence-corrected chi connectivity index (χ2v) is 4.06. The van der Waals surface area contributed by atoms with Crippen molar-refractivity contribution in [1.29, 1.82) is 0 Å². The summed E-state index contributed by atoms with van der Waals surface area (Å²) in [4.78, 5) is 11.5. The van der Waals surface area contributed by atoms with E-state index in [4.69, 9.17) is 0 Å². The molecule has 1 amide bonds. The van der Waals surface area contributed by atoms with Gasteiger partial charge in [-0.1, -0.05) is 13.3 Å².